The van der Waals surface area contributed by atoms with Crippen LogP contribution in [0.25, 0.3) is 0 Å². The molecule has 32 heavy (non-hydrogen) atoms. The Kier molecular flexibility index (Phi) is 6.93. The van der Waals surface area contributed by atoms with Gasteiger partial charge in [-0.1, -0.05) is 12.1 Å². The number of carbonyl (C=O) groups is 1. The summed E-state index contributed by atoms with van der Waals surface area (Å²) in [5, 5.41) is 13.6. The van der Waals surface area contributed by atoms with Gasteiger partial charge in [-0.05, 0) is 23.8 Å². The number of carbonyl (C=O) groups excluding carboxylic acids is 1. The van der Waals surface area contributed by atoms with Crippen LogP contribution in [0.2, 0.25) is 0 Å². The summed E-state index contributed by atoms with van der Waals surface area (Å²) in [6.45, 7) is 1.23. The lowest BCUT2D eigenvalue weighted by atomic mass is 10.1. The molecule has 1 aliphatic rings. The zero-order valence-electron chi connectivity index (χ0n) is 17.1. The van der Waals surface area contributed by atoms with E-state index < -0.39 is 36.4 Å². The van der Waals surface area contributed by atoms with Crippen molar-refractivity contribution in [3.05, 3.63) is 63.7 Å². The number of hydrogen-bond donors (Lipinski definition) is 1. The number of nitro groups is 1. The number of benzene rings is 2. The second-order valence-corrected chi connectivity index (χ2v) is 11.0. The number of nitrogens with one attached hydrogen (secondary N) is 1. The van der Waals surface area contributed by atoms with Crippen LogP contribution >= 0.6 is 0 Å². The summed E-state index contributed by atoms with van der Waals surface area (Å²) in [6, 6.07) is 8.90. The minimum absolute atomic E-state index is 0.00756. The molecule has 172 valence electrons. The second-order valence-electron chi connectivity index (χ2n) is 7.09. The Morgan fingerprint density at radius 1 is 1.06 bits per heavy atom. The first-order valence-corrected chi connectivity index (χ1v) is 12.8. The Labute approximate surface area is 185 Å². The second kappa shape index (κ2) is 9.32. The molecule has 1 fully saturated rings. The van der Waals surface area contributed by atoms with Gasteiger partial charge in [0.05, 0.1) is 27.9 Å². The van der Waals surface area contributed by atoms with Crippen LogP contribution in [0.4, 0.5) is 5.69 Å². The number of nitro benzene ring substituents is 1. The normalized spacial score (nSPS) is 15.3. The molecule has 1 amide bonds. The molecule has 3 rings (SSSR count). The van der Waals surface area contributed by atoms with Crippen molar-refractivity contribution in [2.24, 2.45) is 0 Å². The van der Waals surface area contributed by atoms with Crippen molar-refractivity contribution in [3.63, 3.8) is 0 Å². The monoisotopic (exact) mass is 483 g/mol. The van der Waals surface area contributed by atoms with Crippen molar-refractivity contribution in [2.45, 2.75) is 16.3 Å². The molecule has 1 aliphatic heterocycles. The number of morpholine rings is 1. The van der Waals surface area contributed by atoms with Crippen LogP contribution in [-0.4, -0.2) is 64.5 Å². The minimum Gasteiger partial charge on any atom is -0.379 e. The van der Waals surface area contributed by atoms with E-state index in [1.54, 1.807) is 12.1 Å². The van der Waals surface area contributed by atoms with Crippen LogP contribution in [0.1, 0.15) is 15.9 Å². The number of ether oxygens (including phenoxy) is 1. The van der Waals surface area contributed by atoms with Crippen molar-refractivity contribution in [1.82, 2.24) is 9.62 Å². The largest absolute Gasteiger partial charge is 0.379 e. The minimum atomic E-state index is -3.76. The van der Waals surface area contributed by atoms with Gasteiger partial charge in [-0.2, -0.15) is 4.31 Å². The molecule has 2 aromatic carbocycles. The lowest BCUT2D eigenvalue weighted by Crippen LogP contribution is -2.40. The fourth-order valence-electron chi connectivity index (χ4n) is 3.03. The third-order valence-electron chi connectivity index (χ3n) is 4.78. The fraction of sp³-hybridized carbons (Fsp3) is 0.316. The van der Waals surface area contributed by atoms with E-state index in [4.69, 9.17) is 4.74 Å². The van der Waals surface area contributed by atoms with E-state index in [-0.39, 0.29) is 35.0 Å². The van der Waals surface area contributed by atoms with Gasteiger partial charge in [-0.25, -0.2) is 16.8 Å². The first kappa shape index (κ1) is 23.8. The highest BCUT2D eigenvalue weighted by Gasteiger charge is 2.26. The lowest BCUT2D eigenvalue weighted by Gasteiger charge is -2.26. The van der Waals surface area contributed by atoms with Gasteiger partial charge in [0.25, 0.3) is 11.6 Å². The first-order valence-electron chi connectivity index (χ1n) is 9.43. The van der Waals surface area contributed by atoms with E-state index in [0.717, 1.165) is 24.5 Å². The Hall–Kier alpha value is -2.87. The zero-order chi connectivity index (χ0) is 23.5. The molecule has 0 spiro atoms. The molecular weight excluding hydrogens is 462 g/mol. The van der Waals surface area contributed by atoms with Crippen LogP contribution in [0.5, 0.6) is 0 Å². The molecule has 1 heterocycles. The van der Waals surface area contributed by atoms with Crippen molar-refractivity contribution in [1.29, 1.82) is 0 Å². The molecule has 13 heteroatoms. The van der Waals surface area contributed by atoms with Crippen LogP contribution in [0, 0.1) is 10.1 Å². The molecule has 0 radical (unpaired) electrons. The SMILES string of the molecule is CS(=O)(=O)c1cc(C(=O)NCc2ccc(S(=O)(=O)N3CCOCC3)cc2)cc([N+](=O)[O-])c1. The third-order valence-corrected chi connectivity index (χ3v) is 7.78. The quantitative estimate of drug-likeness (QED) is 0.451. The number of hydrogen-bond acceptors (Lipinski definition) is 8. The van der Waals surface area contributed by atoms with Crippen molar-refractivity contribution < 1.29 is 31.3 Å². The molecule has 0 aromatic heterocycles. The van der Waals surface area contributed by atoms with E-state index in [1.165, 1.54) is 16.4 Å². The van der Waals surface area contributed by atoms with Crippen molar-refractivity contribution >= 4 is 31.5 Å². The van der Waals surface area contributed by atoms with E-state index >= 15 is 0 Å². The Morgan fingerprint density at radius 2 is 1.69 bits per heavy atom. The topological polar surface area (TPSA) is 153 Å². The maximum Gasteiger partial charge on any atom is 0.271 e. The first-order chi connectivity index (χ1) is 15.0. The summed E-state index contributed by atoms with van der Waals surface area (Å²) < 4.78 is 55.4. The predicted octanol–water partition coefficient (Wildman–Crippen LogP) is 0.949. The molecular formula is C19H21N3O8S2. The van der Waals surface area contributed by atoms with Gasteiger partial charge in [-0.15, -0.1) is 0 Å². The van der Waals surface area contributed by atoms with Gasteiger partial charge in [-0.3, -0.25) is 14.9 Å². The van der Waals surface area contributed by atoms with Crippen molar-refractivity contribution in [2.75, 3.05) is 32.6 Å². The average Bonchev–Trinajstić information content (AvgIpc) is 2.77. The van der Waals surface area contributed by atoms with E-state index in [2.05, 4.69) is 5.32 Å². The van der Waals surface area contributed by atoms with Crippen LogP contribution in [0.3, 0.4) is 0 Å². The van der Waals surface area contributed by atoms with Crippen LogP contribution < -0.4 is 5.32 Å². The standard InChI is InChI=1S/C19H21N3O8S2/c1-31(26,27)18-11-15(10-16(12-18)22(24)25)19(23)20-13-14-2-4-17(5-3-14)32(28,29)21-6-8-30-9-7-21/h2-5,10-12H,6-9,13H2,1H3,(H,20,23). The smallest absolute Gasteiger partial charge is 0.271 e. The third kappa shape index (κ3) is 5.48. The van der Waals surface area contributed by atoms with Gasteiger partial charge in [0.2, 0.25) is 10.0 Å². The Morgan fingerprint density at radius 3 is 2.25 bits per heavy atom. The summed E-state index contributed by atoms with van der Waals surface area (Å²) in [6.07, 6.45) is 0.889. The molecule has 0 aliphatic carbocycles. The average molecular weight is 484 g/mol. The maximum absolute atomic E-state index is 12.6. The van der Waals surface area contributed by atoms with Gasteiger partial charge >= 0.3 is 0 Å². The number of sulfone groups is 1. The highest BCUT2D eigenvalue weighted by atomic mass is 32.2. The molecule has 0 atom stereocenters. The van der Waals surface area contributed by atoms with E-state index in [0.29, 0.717) is 18.8 Å². The summed E-state index contributed by atoms with van der Waals surface area (Å²) in [5.74, 6) is -0.705. The predicted molar refractivity (Wildman–Crippen MR) is 113 cm³/mol. The molecule has 11 nitrogen and oxygen atoms in total. The summed E-state index contributed by atoms with van der Waals surface area (Å²) in [7, 11) is -7.40. The molecule has 0 unspecified atom stereocenters. The number of non-ortho nitro benzene ring substituents is 1. The number of rotatable bonds is 7. The number of sulfonamides is 1. The van der Waals surface area contributed by atoms with Gasteiger partial charge in [0.1, 0.15) is 0 Å². The molecule has 1 N–H and O–H groups in total. The van der Waals surface area contributed by atoms with Gasteiger partial charge in [0, 0.05) is 43.6 Å². The zero-order valence-corrected chi connectivity index (χ0v) is 18.7. The molecule has 0 bridgehead atoms. The highest BCUT2D eigenvalue weighted by molar-refractivity contribution is 7.90. The fourth-order valence-corrected chi connectivity index (χ4v) is 5.12. The van der Waals surface area contributed by atoms with E-state index in [1.807, 2.05) is 0 Å². The Bertz CT molecular complexity index is 1240. The van der Waals surface area contributed by atoms with Crippen LogP contribution in [-0.2, 0) is 31.1 Å². The van der Waals surface area contributed by atoms with Crippen molar-refractivity contribution in [3.8, 4) is 0 Å². The maximum atomic E-state index is 12.6. The summed E-state index contributed by atoms with van der Waals surface area (Å²) in [4.78, 5) is 22.5. The summed E-state index contributed by atoms with van der Waals surface area (Å²) >= 11 is 0. The highest BCUT2D eigenvalue weighted by Crippen LogP contribution is 2.21. The van der Waals surface area contributed by atoms with Gasteiger partial charge in [0.15, 0.2) is 9.84 Å². The molecule has 2 aromatic rings. The van der Waals surface area contributed by atoms with E-state index in [9.17, 15) is 31.7 Å². The van der Waals surface area contributed by atoms with Gasteiger partial charge < -0.3 is 10.1 Å². The Balaban J connectivity index is 1.73. The number of amides is 1. The van der Waals surface area contributed by atoms with Crippen LogP contribution in [0.15, 0.2) is 52.3 Å². The summed E-state index contributed by atoms with van der Waals surface area (Å²) in [5.41, 5.74) is -0.102. The lowest BCUT2D eigenvalue weighted by molar-refractivity contribution is -0.385. The number of nitrogens with zero attached hydrogens (tertiary/aromatic N) is 2. The molecule has 1 saturated heterocycles. The molecule has 0 saturated carbocycles.